The molecule has 0 aromatic carbocycles. The normalized spacial score (nSPS) is 39.4. The van der Waals surface area contributed by atoms with E-state index in [0.717, 1.165) is 0 Å². The lowest BCUT2D eigenvalue weighted by Gasteiger charge is -2.28. The van der Waals surface area contributed by atoms with Crippen LogP contribution in [0.25, 0.3) is 0 Å². The van der Waals surface area contributed by atoms with Crippen LogP contribution in [-0.4, -0.2) is 12.1 Å². The molecule has 38 valence electrons. The van der Waals surface area contributed by atoms with Gasteiger partial charge in [-0.05, 0) is 13.8 Å². The number of esters is 1. The molecule has 0 spiro atoms. The van der Waals surface area contributed by atoms with Crippen molar-refractivity contribution in [1.29, 1.82) is 0 Å². The summed E-state index contributed by atoms with van der Waals surface area (Å²) in [7, 11) is 0. The van der Waals surface area contributed by atoms with Crippen LogP contribution in [0.2, 0.25) is 0 Å². The van der Waals surface area contributed by atoms with Crippen molar-refractivity contribution in [1.82, 2.24) is 0 Å². The van der Waals surface area contributed by atoms with Crippen LogP contribution in [0, 0.1) is 12.8 Å². The van der Waals surface area contributed by atoms with E-state index in [0.29, 0.717) is 0 Å². The maximum absolute atomic E-state index is 10.1. The second-order valence-electron chi connectivity index (χ2n) is 1.67. The number of cyclic esters (lactones) is 1. The van der Waals surface area contributed by atoms with Crippen LogP contribution in [0.4, 0.5) is 0 Å². The fraction of sp³-hybridized carbons (Fsp3) is 0.600. The Morgan fingerprint density at radius 2 is 2.43 bits per heavy atom. The van der Waals surface area contributed by atoms with E-state index in [9.17, 15) is 4.79 Å². The predicted molar refractivity (Wildman–Crippen MR) is 23.3 cm³/mol. The lowest BCUT2D eigenvalue weighted by Crippen LogP contribution is -2.40. The monoisotopic (exact) mass is 98.0 g/mol. The van der Waals surface area contributed by atoms with Crippen LogP contribution in [0.1, 0.15) is 6.92 Å². The smallest absolute Gasteiger partial charge is 0.313 e. The van der Waals surface area contributed by atoms with Crippen LogP contribution >= 0.6 is 0 Å². The molecule has 1 rings (SSSR count). The fourth-order valence-electron chi connectivity index (χ4n) is 0.454. The zero-order valence-corrected chi connectivity index (χ0v) is 4.05. The number of rotatable bonds is 0. The van der Waals surface area contributed by atoms with Crippen molar-refractivity contribution in [3.05, 3.63) is 6.92 Å². The number of carbonyl (C=O) groups is 1. The maximum Gasteiger partial charge on any atom is 0.313 e. The zero-order valence-electron chi connectivity index (χ0n) is 4.05. The summed E-state index contributed by atoms with van der Waals surface area (Å²) in [6, 6.07) is 0. The summed E-state index contributed by atoms with van der Waals surface area (Å²) in [6.07, 6.45) is -0.0625. The molecule has 0 N–H and O–H groups in total. The quantitative estimate of drug-likeness (QED) is 0.406. The highest BCUT2D eigenvalue weighted by atomic mass is 16.6. The van der Waals surface area contributed by atoms with Gasteiger partial charge in [-0.2, -0.15) is 0 Å². The molecule has 2 heteroatoms. The van der Waals surface area contributed by atoms with Crippen molar-refractivity contribution in [3.63, 3.8) is 0 Å². The average Bonchev–Trinajstić information content (AvgIpc) is 1.68. The molecule has 0 amide bonds. The molecule has 0 aromatic rings. The van der Waals surface area contributed by atoms with Crippen LogP contribution in [-0.2, 0) is 9.53 Å². The third-order valence-electron chi connectivity index (χ3n) is 1.08. The standard InChI is InChI=1S/C5H6O2/c1-3-4(2)7-5(3)6/h1,3-4H,2H3. The van der Waals surface area contributed by atoms with Gasteiger partial charge in [-0.15, -0.1) is 0 Å². The molecule has 2 unspecified atom stereocenters. The Balaban J connectivity index is 2.43. The topological polar surface area (TPSA) is 26.3 Å². The summed E-state index contributed by atoms with van der Waals surface area (Å²) < 4.78 is 4.49. The summed E-state index contributed by atoms with van der Waals surface area (Å²) in [5.74, 6) is -0.646. The molecule has 1 aliphatic heterocycles. The van der Waals surface area contributed by atoms with Crippen molar-refractivity contribution in [2.75, 3.05) is 0 Å². The fourth-order valence-corrected chi connectivity index (χ4v) is 0.454. The summed E-state index contributed by atoms with van der Waals surface area (Å²) in [4.78, 5) is 10.1. The molecule has 0 aliphatic carbocycles. The number of hydrogen-bond donors (Lipinski definition) is 0. The van der Waals surface area contributed by atoms with Gasteiger partial charge in [-0.3, -0.25) is 4.79 Å². The van der Waals surface area contributed by atoms with E-state index in [1.807, 2.05) is 0 Å². The maximum atomic E-state index is 10.1. The van der Waals surface area contributed by atoms with Crippen LogP contribution in [0.5, 0.6) is 0 Å². The number of ether oxygens (including phenoxy) is 1. The molecular weight excluding hydrogens is 92.1 g/mol. The molecular formula is C5H6O2. The Bertz CT molecular complexity index is 98.3. The highest BCUT2D eigenvalue weighted by Gasteiger charge is 2.34. The van der Waals surface area contributed by atoms with Gasteiger partial charge < -0.3 is 4.74 Å². The third-order valence-corrected chi connectivity index (χ3v) is 1.08. The first-order chi connectivity index (χ1) is 3.22. The SMILES string of the molecule is [CH]C1C(=O)OC1C. The predicted octanol–water partition coefficient (Wildman–Crippen LogP) is 0.259. The minimum Gasteiger partial charge on any atom is -0.461 e. The Kier molecular flexibility index (Phi) is 0.805. The van der Waals surface area contributed by atoms with Gasteiger partial charge in [0.15, 0.2) is 0 Å². The molecule has 1 aliphatic rings. The first-order valence-corrected chi connectivity index (χ1v) is 2.18. The second-order valence-corrected chi connectivity index (χ2v) is 1.67. The molecule has 1 saturated heterocycles. The van der Waals surface area contributed by atoms with E-state index >= 15 is 0 Å². The molecule has 7 heavy (non-hydrogen) atoms. The van der Waals surface area contributed by atoms with Gasteiger partial charge in [0, 0.05) is 0 Å². The van der Waals surface area contributed by atoms with Crippen molar-refractivity contribution in [3.8, 4) is 0 Å². The Labute approximate surface area is 42.5 Å². The number of hydrogen-bond acceptors (Lipinski definition) is 2. The summed E-state index contributed by atoms with van der Waals surface area (Å²) in [5.41, 5.74) is 0. The van der Waals surface area contributed by atoms with Gasteiger partial charge in [-0.25, -0.2) is 0 Å². The van der Waals surface area contributed by atoms with Crippen LogP contribution < -0.4 is 0 Å². The highest BCUT2D eigenvalue weighted by Crippen LogP contribution is 2.19. The molecule has 1 fully saturated rings. The summed E-state index contributed by atoms with van der Waals surface area (Å²) >= 11 is 0. The van der Waals surface area contributed by atoms with Crippen LogP contribution in [0.3, 0.4) is 0 Å². The lowest BCUT2D eigenvalue weighted by atomic mass is 10.0. The van der Waals surface area contributed by atoms with E-state index in [2.05, 4.69) is 4.74 Å². The van der Waals surface area contributed by atoms with E-state index in [-0.39, 0.29) is 18.0 Å². The Hall–Kier alpha value is -0.530. The minimum absolute atomic E-state index is 0.0625. The molecule has 0 saturated carbocycles. The van der Waals surface area contributed by atoms with E-state index in [1.165, 1.54) is 0 Å². The van der Waals surface area contributed by atoms with E-state index in [1.54, 1.807) is 6.92 Å². The summed E-state index contributed by atoms with van der Waals surface area (Å²) in [5, 5.41) is 0. The van der Waals surface area contributed by atoms with Crippen molar-refractivity contribution >= 4 is 5.97 Å². The molecule has 0 bridgehead atoms. The Morgan fingerprint density at radius 3 is 2.43 bits per heavy atom. The lowest BCUT2D eigenvalue weighted by molar-refractivity contribution is -0.177. The van der Waals surface area contributed by atoms with Crippen molar-refractivity contribution in [2.45, 2.75) is 13.0 Å². The van der Waals surface area contributed by atoms with Gasteiger partial charge in [-0.1, -0.05) is 0 Å². The molecule has 1 heterocycles. The second kappa shape index (κ2) is 1.22. The third kappa shape index (κ3) is 0.501. The molecule has 2 nitrogen and oxygen atoms in total. The molecule has 2 atom stereocenters. The molecule has 2 radical (unpaired) electrons. The van der Waals surface area contributed by atoms with Gasteiger partial charge in [0.1, 0.15) is 6.10 Å². The first-order valence-electron chi connectivity index (χ1n) is 2.18. The van der Waals surface area contributed by atoms with E-state index < -0.39 is 0 Å². The zero-order chi connectivity index (χ0) is 5.44. The van der Waals surface area contributed by atoms with Gasteiger partial charge >= 0.3 is 5.97 Å². The minimum atomic E-state index is -0.361. The van der Waals surface area contributed by atoms with Gasteiger partial charge in [0.2, 0.25) is 0 Å². The summed E-state index contributed by atoms with van der Waals surface area (Å²) in [6.45, 7) is 6.96. The van der Waals surface area contributed by atoms with Crippen LogP contribution in [0.15, 0.2) is 0 Å². The average molecular weight is 98.1 g/mol. The van der Waals surface area contributed by atoms with Gasteiger partial charge in [0.25, 0.3) is 0 Å². The Morgan fingerprint density at radius 1 is 1.86 bits per heavy atom. The van der Waals surface area contributed by atoms with E-state index in [4.69, 9.17) is 6.92 Å². The largest absolute Gasteiger partial charge is 0.461 e. The van der Waals surface area contributed by atoms with Crippen molar-refractivity contribution in [2.24, 2.45) is 5.92 Å². The van der Waals surface area contributed by atoms with Gasteiger partial charge in [0.05, 0.1) is 5.92 Å². The molecule has 0 aromatic heterocycles. The first kappa shape index (κ1) is 4.62. The van der Waals surface area contributed by atoms with Crippen molar-refractivity contribution < 1.29 is 9.53 Å². The number of carbonyl (C=O) groups excluding carboxylic acids is 1. The highest BCUT2D eigenvalue weighted by molar-refractivity contribution is 5.78.